The van der Waals surface area contributed by atoms with E-state index in [2.05, 4.69) is 5.71 Å². The van der Waals surface area contributed by atoms with Crippen molar-refractivity contribution in [2.75, 3.05) is 6.54 Å². The van der Waals surface area contributed by atoms with Crippen LogP contribution in [0.2, 0.25) is 10.9 Å². The van der Waals surface area contributed by atoms with Crippen molar-refractivity contribution in [3.63, 3.8) is 0 Å². The van der Waals surface area contributed by atoms with Crippen molar-refractivity contribution in [3.8, 4) is 0 Å². The van der Waals surface area contributed by atoms with E-state index in [1.54, 1.807) is 0 Å². The van der Waals surface area contributed by atoms with Crippen molar-refractivity contribution in [1.82, 2.24) is 0 Å². The second-order valence-electron chi connectivity index (χ2n) is 1.25. The molecule has 0 aliphatic rings. The molecule has 0 saturated carbocycles. The Hall–Kier alpha value is 0.518. The summed E-state index contributed by atoms with van der Waals surface area (Å²) in [5.41, 5.74) is 7.54. The quantitative estimate of drug-likeness (QED) is 0.451. The van der Waals surface area contributed by atoms with Crippen molar-refractivity contribution in [1.29, 1.82) is 0 Å². The molecular weight excluding hydrogens is 137 g/mol. The van der Waals surface area contributed by atoms with Gasteiger partial charge in [0, 0.05) is 0 Å². The Balaban J connectivity index is 2.34. The first-order valence-electron chi connectivity index (χ1n) is 2.26. The van der Waals surface area contributed by atoms with E-state index < -0.39 is 0 Å². The van der Waals surface area contributed by atoms with E-state index >= 15 is 0 Å². The van der Waals surface area contributed by atoms with E-state index in [1.807, 2.05) is 0 Å². The van der Waals surface area contributed by atoms with Gasteiger partial charge in [0.2, 0.25) is 0 Å². The zero-order chi connectivity index (χ0) is 4.83. The number of rotatable bonds is 3. The maximum atomic E-state index is 5.23. The summed E-state index contributed by atoms with van der Waals surface area (Å²) in [7, 11) is 0. The number of hydrogen-bond acceptors (Lipinski definition) is 1. The molecule has 1 atom stereocenters. The molecule has 1 unspecified atom stereocenters. The van der Waals surface area contributed by atoms with Crippen LogP contribution in [0.25, 0.3) is 0 Å². The summed E-state index contributed by atoms with van der Waals surface area (Å²) >= 11 is 0.418. The SMILES string of the molecule is C[AsH]CCCN. The Labute approximate surface area is 46.0 Å². The summed E-state index contributed by atoms with van der Waals surface area (Å²) in [6.45, 7) is 0.886. The fourth-order valence-electron chi connectivity index (χ4n) is 0.279. The van der Waals surface area contributed by atoms with E-state index in [0.717, 1.165) is 6.54 Å². The number of nitrogens with two attached hydrogens (primary N) is 1. The van der Waals surface area contributed by atoms with Gasteiger partial charge in [-0.25, -0.2) is 0 Å². The molecule has 0 saturated heterocycles. The van der Waals surface area contributed by atoms with Crippen LogP contribution in [0, 0.1) is 0 Å². The van der Waals surface area contributed by atoms with Gasteiger partial charge >= 0.3 is 45.4 Å². The van der Waals surface area contributed by atoms with Crippen molar-refractivity contribution in [2.24, 2.45) is 5.73 Å². The van der Waals surface area contributed by atoms with Crippen LogP contribution in [0.1, 0.15) is 6.42 Å². The van der Waals surface area contributed by atoms with Gasteiger partial charge in [0.1, 0.15) is 0 Å². The molecule has 0 spiro atoms. The third-order valence-electron chi connectivity index (χ3n) is 0.631. The van der Waals surface area contributed by atoms with E-state index in [9.17, 15) is 0 Å². The molecule has 2 N–H and O–H groups in total. The van der Waals surface area contributed by atoms with Gasteiger partial charge in [0.25, 0.3) is 0 Å². The van der Waals surface area contributed by atoms with Crippen LogP contribution in [0.3, 0.4) is 0 Å². The Bertz CT molecular complexity index is 19.5. The number of hydrogen-bond donors (Lipinski definition) is 1. The Morgan fingerprint density at radius 2 is 2.33 bits per heavy atom. The van der Waals surface area contributed by atoms with E-state index in [1.165, 1.54) is 11.6 Å². The van der Waals surface area contributed by atoms with Crippen LogP contribution in [-0.2, 0) is 0 Å². The molecule has 0 aromatic carbocycles. The normalized spacial score (nSPS) is 11.0. The van der Waals surface area contributed by atoms with Crippen molar-refractivity contribution in [2.45, 2.75) is 17.3 Å². The predicted octanol–water partition coefficient (Wildman–Crippen LogP) is 0.238. The summed E-state index contributed by atoms with van der Waals surface area (Å²) in [6.07, 6.45) is 1.25. The Kier molecular flexibility index (Phi) is 6.00. The molecule has 0 radical (unpaired) electrons. The third-order valence-corrected chi connectivity index (χ3v) is 2.42. The van der Waals surface area contributed by atoms with Crippen LogP contribution in [0.15, 0.2) is 0 Å². The van der Waals surface area contributed by atoms with Gasteiger partial charge in [-0.1, -0.05) is 0 Å². The van der Waals surface area contributed by atoms with Crippen LogP contribution in [0.4, 0.5) is 0 Å². The van der Waals surface area contributed by atoms with Gasteiger partial charge in [0.15, 0.2) is 0 Å². The van der Waals surface area contributed by atoms with Crippen LogP contribution >= 0.6 is 0 Å². The predicted molar refractivity (Wildman–Crippen MR) is 31.5 cm³/mol. The van der Waals surface area contributed by atoms with Crippen LogP contribution in [0.5, 0.6) is 0 Å². The van der Waals surface area contributed by atoms with Gasteiger partial charge in [-0.3, -0.25) is 0 Å². The van der Waals surface area contributed by atoms with Crippen LogP contribution in [-0.4, -0.2) is 22.3 Å². The molecule has 0 heterocycles. The summed E-state index contributed by atoms with van der Waals surface area (Å²) in [5.74, 6) is 0. The fourth-order valence-corrected chi connectivity index (χ4v) is 1.45. The minimum absolute atomic E-state index is 0.418. The zero-order valence-electron chi connectivity index (χ0n) is 4.20. The first-order valence-corrected chi connectivity index (χ1v) is 5.84. The Morgan fingerprint density at radius 3 is 2.50 bits per heavy atom. The van der Waals surface area contributed by atoms with E-state index in [-0.39, 0.29) is 0 Å². The van der Waals surface area contributed by atoms with Crippen molar-refractivity contribution in [3.05, 3.63) is 0 Å². The molecule has 0 rings (SSSR count). The van der Waals surface area contributed by atoms with Gasteiger partial charge in [0.05, 0.1) is 0 Å². The summed E-state index contributed by atoms with van der Waals surface area (Å²) in [5, 5.41) is 1.41. The first-order chi connectivity index (χ1) is 2.91. The van der Waals surface area contributed by atoms with Crippen molar-refractivity contribution >= 4 is 15.8 Å². The van der Waals surface area contributed by atoms with E-state index in [4.69, 9.17) is 5.73 Å². The Morgan fingerprint density at radius 1 is 1.67 bits per heavy atom. The molecule has 0 aliphatic heterocycles. The molecule has 2 heteroatoms. The zero-order valence-corrected chi connectivity index (χ0v) is 6.30. The molecule has 1 nitrogen and oxygen atoms in total. The average Bonchev–Trinajstić information content (AvgIpc) is 1.61. The second kappa shape index (κ2) is 5.52. The average molecular weight is 149 g/mol. The van der Waals surface area contributed by atoms with Gasteiger partial charge in [-0.05, 0) is 0 Å². The summed E-state index contributed by atoms with van der Waals surface area (Å²) in [6, 6.07) is 0. The molecule has 0 aromatic rings. The van der Waals surface area contributed by atoms with Gasteiger partial charge in [-0.15, -0.1) is 0 Å². The summed E-state index contributed by atoms with van der Waals surface area (Å²) in [4.78, 5) is 0. The molecule has 6 heavy (non-hydrogen) atoms. The summed E-state index contributed by atoms with van der Waals surface area (Å²) < 4.78 is 0. The molecule has 0 aromatic heterocycles. The van der Waals surface area contributed by atoms with Crippen LogP contribution < -0.4 is 5.73 Å². The second-order valence-corrected chi connectivity index (χ2v) is 3.78. The maximum absolute atomic E-state index is 5.23. The van der Waals surface area contributed by atoms with Gasteiger partial charge < -0.3 is 0 Å². The molecule has 0 aliphatic carbocycles. The molecular formula is C4H12AsN. The van der Waals surface area contributed by atoms with E-state index in [0.29, 0.717) is 15.8 Å². The molecule has 0 fully saturated rings. The van der Waals surface area contributed by atoms with Gasteiger partial charge in [-0.2, -0.15) is 0 Å². The molecule has 0 amide bonds. The minimum atomic E-state index is 0.418. The van der Waals surface area contributed by atoms with Crippen molar-refractivity contribution < 1.29 is 0 Å². The standard InChI is InChI=1S/C4H12AsN/c1-5-3-2-4-6/h5H,2-4,6H2,1H3. The topological polar surface area (TPSA) is 26.0 Å². The fraction of sp³-hybridized carbons (Fsp3) is 1.00. The monoisotopic (exact) mass is 149 g/mol. The molecule has 0 bridgehead atoms. The molecule has 38 valence electrons. The first kappa shape index (κ1) is 6.52. The third kappa shape index (κ3) is 4.52.